The van der Waals surface area contributed by atoms with E-state index in [9.17, 15) is 4.79 Å². The summed E-state index contributed by atoms with van der Waals surface area (Å²) < 4.78 is 5.75. The topological polar surface area (TPSA) is 26.3 Å². The number of carbonyl (C=O) groups excluding carboxylic acids is 1. The van der Waals surface area contributed by atoms with E-state index in [2.05, 4.69) is 45.9 Å². The summed E-state index contributed by atoms with van der Waals surface area (Å²) in [6.45, 7) is 8.74. The van der Waals surface area contributed by atoms with Gasteiger partial charge in [0.25, 0.3) is 0 Å². The fourth-order valence-electron chi connectivity index (χ4n) is 3.41. The van der Waals surface area contributed by atoms with Crippen LogP contribution >= 0.6 is 8.58 Å². The first kappa shape index (κ1) is 18.7. The van der Waals surface area contributed by atoms with Gasteiger partial charge in [-0.15, -0.1) is 0 Å². The lowest BCUT2D eigenvalue weighted by Gasteiger charge is -2.33. The number of methoxy groups -OCH3 is 1. The summed E-state index contributed by atoms with van der Waals surface area (Å²) in [6.07, 6.45) is 3.11. The molecule has 2 nitrogen and oxygen atoms in total. The van der Waals surface area contributed by atoms with Crippen molar-refractivity contribution in [1.82, 2.24) is 0 Å². The molecular formula is C21H27O2P. The molecule has 0 amide bonds. The van der Waals surface area contributed by atoms with Crippen LogP contribution in [-0.2, 0) is 5.16 Å². The second kappa shape index (κ2) is 7.94. The van der Waals surface area contributed by atoms with Crippen molar-refractivity contribution in [3.63, 3.8) is 0 Å². The molecule has 0 heterocycles. The average molecular weight is 342 g/mol. The third kappa shape index (κ3) is 3.87. The van der Waals surface area contributed by atoms with Crippen molar-refractivity contribution in [1.29, 1.82) is 0 Å². The summed E-state index contributed by atoms with van der Waals surface area (Å²) in [4.78, 5) is 11.4. The number of hydrogen-bond donors (Lipinski definition) is 0. The molecule has 2 rings (SSSR count). The minimum Gasteiger partial charge on any atom is -0.496 e. The summed E-state index contributed by atoms with van der Waals surface area (Å²) in [5.41, 5.74) is 4.47. The average Bonchev–Trinajstić information content (AvgIpc) is 2.55. The molecule has 0 fully saturated rings. The number of hydrogen-bond acceptors (Lipinski definition) is 2. The van der Waals surface area contributed by atoms with E-state index in [0.29, 0.717) is 8.58 Å². The molecular weight excluding hydrogens is 315 g/mol. The van der Waals surface area contributed by atoms with Crippen LogP contribution < -0.4 is 10.0 Å². The predicted molar refractivity (Wildman–Crippen MR) is 105 cm³/mol. The molecule has 0 aliphatic rings. The predicted octanol–water partition coefficient (Wildman–Crippen LogP) is 5.14. The molecule has 24 heavy (non-hydrogen) atoms. The Morgan fingerprint density at radius 2 is 1.92 bits per heavy atom. The van der Waals surface area contributed by atoms with E-state index in [1.165, 1.54) is 16.7 Å². The molecule has 0 radical (unpaired) electrons. The summed E-state index contributed by atoms with van der Waals surface area (Å²) in [5, 5.41) is 1.08. The standard InChI is InChI=1S/C21H27O2P/c1-6-11-21(4,24-19-10-8-7-9-17(19)14-22)18-13-15(2)12-16(3)20(18)23-5/h7-10,12-14,24H,6,11H2,1-5H3. The van der Waals surface area contributed by atoms with Crippen molar-refractivity contribution < 1.29 is 9.53 Å². The Labute approximate surface area is 147 Å². The van der Waals surface area contributed by atoms with Gasteiger partial charge in [-0.25, -0.2) is 0 Å². The maximum atomic E-state index is 11.4. The van der Waals surface area contributed by atoms with Gasteiger partial charge >= 0.3 is 0 Å². The summed E-state index contributed by atoms with van der Waals surface area (Å²) in [6, 6.07) is 12.3. The van der Waals surface area contributed by atoms with Crippen molar-refractivity contribution in [2.75, 3.05) is 7.11 Å². The van der Waals surface area contributed by atoms with Gasteiger partial charge in [0.05, 0.1) is 7.11 Å². The molecule has 0 aliphatic carbocycles. The van der Waals surface area contributed by atoms with Crippen LogP contribution in [0.5, 0.6) is 5.75 Å². The van der Waals surface area contributed by atoms with E-state index in [1.54, 1.807) is 7.11 Å². The van der Waals surface area contributed by atoms with Crippen molar-refractivity contribution in [3.8, 4) is 5.75 Å². The van der Waals surface area contributed by atoms with Crippen LogP contribution in [0, 0.1) is 13.8 Å². The van der Waals surface area contributed by atoms with Crippen LogP contribution in [0.15, 0.2) is 36.4 Å². The Hall–Kier alpha value is -1.66. The van der Waals surface area contributed by atoms with Gasteiger partial charge in [0.2, 0.25) is 0 Å². The maximum Gasteiger partial charge on any atom is 0.150 e. The van der Waals surface area contributed by atoms with E-state index < -0.39 is 0 Å². The smallest absolute Gasteiger partial charge is 0.150 e. The van der Waals surface area contributed by atoms with Crippen molar-refractivity contribution in [3.05, 3.63) is 58.7 Å². The second-order valence-corrected chi connectivity index (χ2v) is 8.47. The lowest BCUT2D eigenvalue weighted by molar-refractivity contribution is 0.112. The molecule has 0 bridgehead atoms. The molecule has 128 valence electrons. The van der Waals surface area contributed by atoms with Gasteiger partial charge in [0, 0.05) is 16.3 Å². The zero-order valence-corrected chi connectivity index (χ0v) is 16.3. The van der Waals surface area contributed by atoms with Crippen LogP contribution in [-0.4, -0.2) is 13.4 Å². The minimum absolute atomic E-state index is 0.0456. The zero-order valence-electron chi connectivity index (χ0n) is 15.3. The van der Waals surface area contributed by atoms with Gasteiger partial charge in [0.15, 0.2) is 6.29 Å². The van der Waals surface area contributed by atoms with E-state index in [4.69, 9.17) is 4.74 Å². The van der Waals surface area contributed by atoms with Crippen LogP contribution in [0.2, 0.25) is 0 Å². The third-order valence-electron chi connectivity index (χ3n) is 4.47. The Morgan fingerprint density at radius 3 is 2.54 bits per heavy atom. The van der Waals surface area contributed by atoms with Crippen LogP contribution in [0.4, 0.5) is 0 Å². The van der Waals surface area contributed by atoms with Crippen molar-refractivity contribution in [2.45, 2.75) is 45.7 Å². The molecule has 2 aromatic carbocycles. The van der Waals surface area contributed by atoms with Crippen LogP contribution in [0.25, 0.3) is 0 Å². The molecule has 3 heteroatoms. The van der Waals surface area contributed by atoms with Gasteiger partial charge in [-0.1, -0.05) is 70.8 Å². The molecule has 2 aromatic rings. The first-order valence-corrected chi connectivity index (χ1v) is 9.43. The SMILES string of the molecule is CCCC(C)(Pc1ccccc1C=O)c1cc(C)cc(C)c1OC. The fraction of sp³-hybridized carbons (Fsp3) is 0.381. The Morgan fingerprint density at radius 1 is 1.21 bits per heavy atom. The van der Waals surface area contributed by atoms with Crippen LogP contribution in [0.1, 0.15) is 53.7 Å². The number of carbonyl (C=O) groups is 1. The summed E-state index contributed by atoms with van der Waals surface area (Å²) in [7, 11) is 2.27. The number of aryl methyl sites for hydroxylation is 2. The van der Waals surface area contributed by atoms with Gasteiger partial charge in [0.1, 0.15) is 5.75 Å². The monoisotopic (exact) mass is 342 g/mol. The van der Waals surface area contributed by atoms with Crippen molar-refractivity contribution in [2.24, 2.45) is 0 Å². The lowest BCUT2D eigenvalue weighted by atomic mass is 9.91. The third-order valence-corrected chi connectivity index (χ3v) is 6.26. The summed E-state index contributed by atoms with van der Waals surface area (Å²) >= 11 is 0. The van der Waals surface area contributed by atoms with Crippen LogP contribution in [0.3, 0.4) is 0 Å². The molecule has 2 atom stereocenters. The van der Waals surface area contributed by atoms with Gasteiger partial charge in [-0.05, 0) is 31.1 Å². The molecule has 0 aromatic heterocycles. The van der Waals surface area contributed by atoms with E-state index in [-0.39, 0.29) is 5.16 Å². The Bertz CT molecular complexity index is 724. The Balaban J connectivity index is 2.57. The molecule has 0 spiro atoms. The van der Waals surface area contributed by atoms with E-state index in [0.717, 1.165) is 35.7 Å². The maximum absolute atomic E-state index is 11.4. The number of rotatable bonds is 7. The first-order chi connectivity index (χ1) is 11.4. The molecule has 0 saturated carbocycles. The second-order valence-electron chi connectivity index (χ2n) is 6.57. The molecule has 2 unspecified atom stereocenters. The first-order valence-electron chi connectivity index (χ1n) is 8.43. The highest BCUT2D eigenvalue weighted by Crippen LogP contribution is 2.49. The largest absolute Gasteiger partial charge is 0.496 e. The van der Waals surface area contributed by atoms with E-state index in [1.807, 2.05) is 18.2 Å². The van der Waals surface area contributed by atoms with Gasteiger partial charge in [-0.2, -0.15) is 0 Å². The lowest BCUT2D eigenvalue weighted by Crippen LogP contribution is -2.22. The highest BCUT2D eigenvalue weighted by atomic mass is 31.1. The number of ether oxygens (including phenoxy) is 1. The molecule has 0 N–H and O–H groups in total. The normalized spacial score (nSPS) is 13.9. The minimum atomic E-state index is -0.0456. The molecule has 0 saturated heterocycles. The Kier molecular flexibility index (Phi) is 6.18. The quantitative estimate of drug-likeness (QED) is 0.514. The number of benzene rings is 2. The summed E-state index contributed by atoms with van der Waals surface area (Å²) in [5.74, 6) is 0.979. The number of aldehydes is 1. The van der Waals surface area contributed by atoms with Gasteiger partial charge < -0.3 is 4.74 Å². The van der Waals surface area contributed by atoms with Gasteiger partial charge in [-0.3, -0.25) is 4.79 Å². The fourth-order valence-corrected chi connectivity index (χ4v) is 5.17. The highest BCUT2D eigenvalue weighted by Gasteiger charge is 2.31. The van der Waals surface area contributed by atoms with Crippen molar-refractivity contribution >= 4 is 20.2 Å². The molecule has 0 aliphatic heterocycles. The highest BCUT2D eigenvalue weighted by molar-refractivity contribution is 7.48. The van der Waals surface area contributed by atoms with E-state index >= 15 is 0 Å². The zero-order chi connectivity index (χ0) is 17.7.